The van der Waals surface area contributed by atoms with E-state index in [0.717, 1.165) is 11.1 Å². The molecule has 14 heteroatoms. The summed E-state index contributed by atoms with van der Waals surface area (Å²) in [5.41, 5.74) is 18.4. The lowest BCUT2D eigenvalue weighted by molar-refractivity contribution is -0.142. The van der Waals surface area contributed by atoms with Gasteiger partial charge in [-0.2, -0.15) is 0 Å². The number of hydrogen-bond donors (Lipinski definition) is 6. The van der Waals surface area contributed by atoms with Gasteiger partial charge in [-0.15, -0.1) is 0 Å². The SMILES string of the molecule is CC(C)C[C@H](CC(=O)[C@H](Cc1ccccc1)NC(=O)OCc1ccccc1)C(=O)NC(Cc1ccccc1)C(=O)C(=O)N[C@@H](CCCN=C(N)N)C(N)=O. The van der Waals surface area contributed by atoms with Crippen molar-refractivity contribution < 1.29 is 33.5 Å². The minimum Gasteiger partial charge on any atom is -0.445 e. The summed E-state index contributed by atoms with van der Waals surface area (Å²) in [6.07, 6.45) is -0.318. The fourth-order valence-corrected chi connectivity index (χ4v) is 5.76. The van der Waals surface area contributed by atoms with Crippen LogP contribution in [0.4, 0.5) is 4.79 Å². The fraction of sp³-hybridized carbons (Fsp3) is 0.375. The minimum atomic E-state index is -1.34. The van der Waals surface area contributed by atoms with Crippen molar-refractivity contribution in [3.05, 3.63) is 108 Å². The molecule has 0 radical (unpaired) electrons. The molecule has 9 N–H and O–H groups in total. The number of nitrogens with one attached hydrogen (secondary N) is 3. The first kappa shape index (κ1) is 42.4. The van der Waals surface area contributed by atoms with Crippen molar-refractivity contribution in [1.29, 1.82) is 0 Å². The average Bonchev–Trinajstić information content (AvgIpc) is 3.14. The second-order valence-electron chi connectivity index (χ2n) is 13.4. The number of rotatable bonds is 22. The van der Waals surface area contributed by atoms with Gasteiger partial charge in [0.1, 0.15) is 18.7 Å². The van der Waals surface area contributed by atoms with Crippen LogP contribution in [0.1, 0.15) is 56.2 Å². The molecule has 4 amide bonds. The number of hydrogen-bond acceptors (Lipinski definition) is 8. The normalized spacial score (nSPS) is 13.0. The van der Waals surface area contributed by atoms with E-state index in [9.17, 15) is 28.8 Å². The summed E-state index contributed by atoms with van der Waals surface area (Å²) in [6, 6.07) is 23.4. The van der Waals surface area contributed by atoms with E-state index in [2.05, 4.69) is 20.9 Å². The molecule has 3 aromatic rings. The molecule has 4 atom stereocenters. The zero-order valence-corrected chi connectivity index (χ0v) is 30.7. The molecule has 0 heterocycles. The third-order valence-electron chi connectivity index (χ3n) is 8.48. The number of alkyl carbamates (subject to hydrolysis) is 1. The first-order valence-electron chi connectivity index (χ1n) is 17.9. The van der Waals surface area contributed by atoms with Crippen LogP contribution in [-0.4, -0.2) is 66.0 Å². The number of aliphatic imine (C=N–C) groups is 1. The highest BCUT2D eigenvalue weighted by atomic mass is 16.5. The lowest BCUT2D eigenvalue weighted by Gasteiger charge is -2.25. The van der Waals surface area contributed by atoms with Gasteiger partial charge in [0.25, 0.3) is 5.91 Å². The highest BCUT2D eigenvalue weighted by Gasteiger charge is 2.34. The average molecular weight is 742 g/mol. The van der Waals surface area contributed by atoms with Gasteiger partial charge in [-0.25, -0.2) is 4.79 Å². The predicted molar refractivity (Wildman–Crippen MR) is 204 cm³/mol. The maximum Gasteiger partial charge on any atom is 0.408 e. The first-order chi connectivity index (χ1) is 25.8. The maximum absolute atomic E-state index is 14.0. The summed E-state index contributed by atoms with van der Waals surface area (Å²) in [7, 11) is 0. The van der Waals surface area contributed by atoms with E-state index in [1.165, 1.54) is 0 Å². The molecule has 54 heavy (non-hydrogen) atoms. The van der Waals surface area contributed by atoms with Crippen LogP contribution in [-0.2, 0) is 48.2 Å². The van der Waals surface area contributed by atoms with Gasteiger partial charge in [-0.3, -0.25) is 29.0 Å². The minimum absolute atomic E-state index is 0.000139. The predicted octanol–water partition coefficient (Wildman–Crippen LogP) is 2.47. The summed E-state index contributed by atoms with van der Waals surface area (Å²) >= 11 is 0. The fourth-order valence-electron chi connectivity index (χ4n) is 5.76. The van der Waals surface area contributed by atoms with Crippen LogP contribution in [0, 0.1) is 11.8 Å². The second kappa shape index (κ2) is 22.1. The van der Waals surface area contributed by atoms with Crippen LogP contribution in [0.15, 0.2) is 96.0 Å². The number of carbonyl (C=O) groups is 6. The highest BCUT2D eigenvalue weighted by molar-refractivity contribution is 6.38. The Morgan fingerprint density at radius 2 is 1.22 bits per heavy atom. The van der Waals surface area contributed by atoms with Crippen LogP contribution >= 0.6 is 0 Å². The summed E-state index contributed by atoms with van der Waals surface area (Å²) in [6.45, 7) is 3.96. The Hall–Kier alpha value is -6.05. The molecule has 0 aliphatic carbocycles. The first-order valence-corrected chi connectivity index (χ1v) is 17.9. The van der Waals surface area contributed by atoms with Crippen molar-refractivity contribution in [2.75, 3.05) is 6.54 Å². The molecule has 0 spiro atoms. The van der Waals surface area contributed by atoms with Gasteiger partial charge in [0.05, 0.1) is 6.04 Å². The van der Waals surface area contributed by atoms with Crippen molar-refractivity contribution in [3.8, 4) is 0 Å². The van der Waals surface area contributed by atoms with E-state index < -0.39 is 59.4 Å². The van der Waals surface area contributed by atoms with Crippen LogP contribution in [0.25, 0.3) is 0 Å². The quantitative estimate of drug-likeness (QED) is 0.0383. The number of amides is 4. The van der Waals surface area contributed by atoms with Gasteiger partial charge in [0, 0.05) is 25.3 Å². The molecule has 0 fully saturated rings. The number of primary amides is 1. The van der Waals surface area contributed by atoms with E-state index in [-0.39, 0.29) is 57.1 Å². The third kappa shape index (κ3) is 15.3. The molecular weight excluding hydrogens is 690 g/mol. The van der Waals surface area contributed by atoms with Gasteiger partial charge in [-0.1, -0.05) is 105 Å². The van der Waals surface area contributed by atoms with Crippen molar-refractivity contribution >= 4 is 41.3 Å². The lowest BCUT2D eigenvalue weighted by atomic mass is 9.88. The van der Waals surface area contributed by atoms with Gasteiger partial charge >= 0.3 is 6.09 Å². The Morgan fingerprint density at radius 3 is 1.74 bits per heavy atom. The third-order valence-corrected chi connectivity index (χ3v) is 8.48. The number of benzene rings is 3. The summed E-state index contributed by atoms with van der Waals surface area (Å²) < 4.78 is 5.40. The standard InChI is InChI=1S/C40H51N7O7/c1-26(2)21-30(24-34(48)32(22-27-13-6-3-7-14-27)47-40(53)54-25-29-17-10-5-11-18-29)37(51)46-33(23-28-15-8-4-9-16-28)35(49)38(52)45-31(36(41)50)19-12-20-44-39(42)43/h3-11,13-18,26,30-33H,12,19-25H2,1-2H3,(H2,41,50)(H,45,52)(H,46,51)(H,47,53)(H4,42,43,44)/t30-,31+,32+,33?/m1/s1. The van der Waals surface area contributed by atoms with Crippen molar-refractivity contribution in [1.82, 2.24) is 16.0 Å². The summed E-state index contributed by atoms with van der Waals surface area (Å²) in [5, 5.41) is 7.78. The van der Waals surface area contributed by atoms with Crippen LogP contribution in [0.2, 0.25) is 0 Å². The molecule has 0 aliphatic heterocycles. The molecule has 3 aromatic carbocycles. The van der Waals surface area contributed by atoms with Crippen LogP contribution in [0.3, 0.4) is 0 Å². The van der Waals surface area contributed by atoms with E-state index >= 15 is 0 Å². The molecule has 0 saturated carbocycles. The molecule has 0 saturated heterocycles. The molecule has 288 valence electrons. The molecular formula is C40H51N7O7. The summed E-state index contributed by atoms with van der Waals surface area (Å²) in [4.78, 5) is 83.8. The Balaban J connectivity index is 1.80. The molecule has 0 aliphatic rings. The zero-order valence-electron chi connectivity index (χ0n) is 30.7. The van der Waals surface area contributed by atoms with Gasteiger partial charge < -0.3 is 37.9 Å². The van der Waals surface area contributed by atoms with Crippen LogP contribution < -0.4 is 33.2 Å². The Kier molecular flexibility index (Phi) is 17.4. The van der Waals surface area contributed by atoms with E-state index in [1.807, 2.05) is 74.5 Å². The van der Waals surface area contributed by atoms with Gasteiger partial charge in [0.15, 0.2) is 11.7 Å². The Bertz CT molecular complexity index is 1720. The number of nitrogens with two attached hydrogens (primary N) is 3. The largest absolute Gasteiger partial charge is 0.445 e. The van der Waals surface area contributed by atoms with Crippen LogP contribution in [0.5, 0.6) is 0 Å². The topological polar surface area (TPSA) is 238 Å². The zero-order chi connectivity index (χ0) is 39.5. The number of carbonyl (C=O) groups excluding carboxylic acids is 6. The van der Waals surface area contributed by atoms with Gasteiger partial charge in [0.2, 0.25) is 17.6 Å². The monoisotopic (exact) mass is 741 g/mol. The van der Waals surface area contributed by atoms with Crippen molar-refractivity contribution in [2.24, 2.45) is 34.0 Å². The maximum atomic E-state index is 14.0. The smallest absolute Gasteiger partial charge is 0.408 e. The van der Waals surface area contributed by atoms with E-state index in [1.54, 1.807) is 30.3 Å². The molecule has 1 unspecified atom stereocenters. The number of ketones is 2. The molecule has 0 aromatic heterocycles. The molecule has 3 rings (SSSR count). The summed E-state index contributed by atoms with van der Waals surface area (Å²) in [5.74, 6) is -5.08. The van der Waals surface area contributed by atoms with Crippen molar-refractivity contribution in [2.45, 2.75) is 77.1 Å². The second-order valence-corrected chi connectivity index (χ2v) is 13.4. The number of guanidine groups is 1. The number of ether oxygens (including phenoxy) is 1. The Morgan fingerprint density at radius 1 is 0.685 bits per heavy atom. The number of Topliss-reactive ketones (excluding diaryl/α,β-unsaturated/α-hetero) is 2. The van der Waals surface area contributed by atoms with Crippen molar-refractivity contribution in [3.63, 3.8) is 0 Å². The highest BCUT2D eigenvalue weighted by Crippen LogP contribution is 2.20. The van der Waals surface area contributed by atoms with E-state index in [0.29, 0.717) is 12.0 Å². The lowest BCUT2D eigenvalue weighted by Crippen LogP contribution is -2.54. The Labute approximate surface area is 315 Å². The molecule has 14 nitrogen and oxygen atoms in total. The molecule has 0 bridgehead atoms. The number of nitrogens with zero attached hydrogens (tertiary/aromatic N) is 1. The van der Waals surface area contributed by atoms with E-state index in [4.69, 9.17) is 21.9 Å². The van der Waals surface area contributed by atoms with Gasteiger partial charge in [-0.05, 0) is 48.3 Å².